The highest BCUT2D eigenvalue weighted by Gasteiger charge is 2.20. The molecule has 1 fully saturated rings. The Morgan fingerprint density at radius 2 is 2.10 bits per heavy atom. The average Bonchev–Trinajstić information content (AvgIpc) is 3.00. The van der Waals surface area contributed by atoms with E-state index in [9.17, 15) is 4.79 Å². The molecule has 30 heavy (non-hydrogen) atoms. The summed E-state index contributed by atoms with van der Waals surface area (Å²) in [6.45, 7) is 12.2. The SMILES string of the molecule is C[C@@H]1CNC[C@@H](NC(=O)Nc2cnc3c(ccn3COCC[Si](C)(C)C)n2)C1.Cl.Cl. The molecule has 2 aromatic rings. The Morgan fingerprint density at radius 1 is 1.33 bits per heavy atom. The molecule has 0 bridgehead atoms. The van der Waals surface area contributed by atoms with Crippen LogP contribution in [0.5, 0.6) is 0 Å². The van der Waals surface area contributed by atoms with Crippen LogP contribution in [-0.2, 0) is 11.5 Å². The van der Waals surface area contributed by atoms with E-state index >= 15 is 0 Å². The van der Waals surface area contributed by atoms with E-state index < -0.39 is 8.07 Å². The van der Waals surface area contributed by atoms with E-state index in [1.165, 1.54) is 0 Å². The van der Waals surface area contributed by atoms with Crippen molar-refractivity contribution in [2.45, 2.75) is 51.8 Å². The molecule has 2 amide bonds. The van der Waals surface area contributed by atoms with Crippen LogP contribution in [0.4, 0.5) is 10.6 Å². The first-order valence-corrected chi connectivity index (χ1v) is 13.7. The Kier molecular flexibility index (Phi) is 10.5. The number of anilines is 1. The number of rotatable bonds is 7. The van der Waals surface area contributed by atoms with Gasteiger partial charge in [0, 0.05) is 33.5 Å². The first kappa shape index (κ1) is 26.6. The lowest BCUT2D eigenvalue weighted by molar-refractivity contribution is 0.0899. The average molecular weight is 478 g/mol. The maximum atomic E-state index is 12.2. The first-order valence-electron chi connectivity index (χ1n) is 9.98. The van der Waals surface area contributed by atoms with E-state index in [0.29, 0.717) is 18.5 Å². The van der Waals surface area contributed by atoms with E-state index in [2.05, 4.69) is 52.5 Å². The molecule has 0 aliphatic carbocycles. The highest BCUT2D eigenvalue weighted by Crippen LogP contribution is 2.15. The quantitative estimate of drug-likeness (QED) is 0.418. The zero-order valence-corrected chi connectivity index (χ0v) is 20.7. The van der Waals surface area contributed by atoms with Crippen molar-refractivity contribution in [3.8, 4) is 0 Å². The van der Waals surface area contributed by atoms with Crippen molar-refractivity contribution in [3.63, 3.8) is 0 Å². The van der Waals surface area contributed by atoms with E-state index in [1.54, 1.807) is 6.20 Å². The van der Waals surface area contributed by atoms with Gasteiger partial charge in [0.25, 0.3) is 0 Å². The number of hydrogen-bond donors (Lipinski definition) is 3. The summed E-state index contributed by atoms with van der Waals surface area (Å²) in [4.78, 5) is 21.2. The standard InChI is InChI=1S/C19H32N6O2Si.2ClH/c1-14-9-15(11-20-10-14)22-19(26)24-17-12-21-18-16(23-17)5-6-25(18)13-27-7-8-28(2,3)4;;/h5-6,12,14-15,20H,7-11,13H2,1-4H3,(H2,22,23,24,26);2*1H/t14-,15-;;/m0../s1. The number of amides is 2. The predicted octanol–water partition coefficient (Wildman–Crippen LogP) is 3.71. The molecule has 0 aromatic carbocycles. The Balaban J connectivity index is 0.00000225. The molecule has 170 valence electrons. The molecule has 11 heteroatoms. The second-order valence-corrected chi connectivity index (χ2v) is 14.5. The fourth-order valence-corrected chi connectivity index (χ4v) is 4.03. The minimum absolute atomic E-state index is 0. The van der Waals surface area contributed by atoms with Gasteiger partial charge in [0.05, 0.1) is 6.20 Å². The number of piperidine rings is 1. The summed E-state index contributed by atoms with van der Waals surface area (Å²) in [7, 11) is -1.09. The smallest absolute Gasteiger partial charge is 0.320 e. The van der Waals surface area contributed by atoms with Gasteiger partial charge in [0.2, 0.25) is 0 Å². The topological polar surface area (TPSA) is 93.1 Å². The van der Waals surface area contributed by atoms with Gasteiger partial charge in [-0.3, -0.25) is 5.32 Å². The monoisotopic (exact) mass is 476 g/mol. The molecule has 8 nitrogen and oxygen atoms in total. The summed E-state index contributed by atoms with van der Waals surface area (Å²) in [6, 6.07) is 2.91. The Hall–Kier alpha value is -1.39. The lowest BCUT2D eigenvalue weighted by Gasteiger charge is -2.28. The van der Waals surface area contributed by atoms with E-state index in [4.69, 9.17) is 4.74 Å². The van der Waals surface area contributed by atoms with E-state index in [-0.39, 0.29) is 36.9 Å². The van der Waals surface area contributed by atoms with Crippen LogP contribution in [0.15, 0.2) is 18.5 Å². The highest BCUT2D eigenvalue weighted by molar-refractivity contribution is 6.76. The van der Waals surface area contributed by atoms with Crippen LogP contribution in [0.2, 0.25) is 25.7 Å². The van der Waals surface area contributed by atoms with E-state index in [1.807, 2.05) is 16.8 Å². The zero-order chi connectivity index (χ0) is 20.1. The molecule has 1 aliphatic heterocycles. The Labute approximate surface area is 191 Å². The van der Waals surface area contributed by atoms with Crippen molar-refractivity contribution in [2.24, 2.45) is 5.92 Å². The van der Waals surface area contributed by atoms with Gasteiger partial charge in [-0.2, -0.15) is 0 Å². The number of ether oxygens (including phenoxy) is 1. The molecule has 3 rings (SSSR count). The summed E-state index contributed by atoms with van der Waals surface area (Å²) in [6.07, 6.45) is 4.48. The summed E-state index contributed by atoms with van der Waals surface area (Å²) in [5.74, 6) is 1.00. The number of carbonyl (C=O) groups is 1. The molecular weight excluding hydrogens is 443 g/mol. The first-order chi connectivity index (χ1) is 13.3. The lowest BCUT2D eigenvalue weighted by atomic mass is 9.98. The lowest BCUT2D eigenvalue weighted by Crippen LogP contribution is -2.49. The fraction of sp³-hybridized carbons (Fsp3) is 0.632. The summed E-state index contributed by atoms with van der Waals surface area (Å²) < 4.78 is 7.73. The molecular formula is C19H34Cl2N6O2Si. The molecule has 2 atom stereocenters. The number of nitrogens with zero attached hydrogens (tertiary/aromatic N) is 3. The number of aromatic nitrogens is 3. The van der Waals surface area contributed by atoms with Crippen molar-refractivity contribution in [1.82, 2.24) is 25.2 Å². The van der Waals surface area contributed by atoms with Crippen LogP contribution in [0, 0.1) is 5.92 Å². The predicted molar refractivity (Wildman–Crippen MR) is 129 cm³/mol. The number of fused-ring (bicyclic) bond motifs is 1. The van der Waals surface area contributed by atoms with Crippen molar-refractivity contribution in [1.29, 1.82) is 0 Å². The van der Waals surface area contributed by atoms with Crippen LogP contribution in [0.25, 0.3) is 11.2 Å². The molecule has 0 saturated carbocycles. The zero-order valence-electron chi connectivity index (χ0n) is 18.1. The van der Waals surface area contributed by atoms with Gasteiger partial charge in [-0.1, -0.05) is 26.6 Å². The van der Waals surface area contributed by atoms with Gasteiger partial charge in [-0.05, 0) is 31.0 Å². The molecule has 2 aromatic heterocycles. The second kappa shape index (κ2) is 11.9. The van der Waals surface area contributed by atoms with Crippen molar-refractivity contribution >= 4 is 55.9 Å². The Morgan fingerprint density at radius 3 is 2.80 bits per heavy atom. The summed E-state index contributed by atoms with van der Waals surface area (Å²) in [5, 5.41) is 9.11. The largest absolute Gasteiger partial charge is 0.361 e. The number of urea groups is 1. The van der Waals surface area contributed by atoms with Crippen molar-refractivity contribution in [3.05, 3.63) is 18.5 Å². The minimum Gasteiger partial charge on any atom is -0.361 e. The van der Waals surface area contributed by atoms with Crippen LogP contribution in [-0.4, -0.2) is 54.4 Å². The van der Waals surface area contributed by atoms with Crippen LogP contribution < -0.4 is 16.0 Å². The van der Waals surface area contributed by atoms with Gasteiger partial charge in [0.15, 0.2) is 11.5 Å². The third kappa shape index (κ3) is 8.03. The molecule has 0 spiro atoms. The molecule has 0 unspecified atom stereocenters. The molecule has 0 radical (unpaired) electrons. The third-order valence-corrected chi connectivity index (χ3v) is 6.54. The van der Waals surface area contributed by atoms with Gasteiger partial charge in [0.1, 0.15) is 12.2 Å². The van der Waals surface area contributed by atoms with Crippen LogP contribution in [0.1, 0.15) is 13.3 Å². The van der Waals surface area contributed by atoms with Gasteiger partial charge >= 0.3 is 6.03 Å². The Bertz CT molecular complexity index is 814. The van der Waals surface area contributed by atoms with Gasteiger partial charge in [-0.25, -0.2) is 14.8 Å². The minimum atomic E-state index is -1.09. The maximum absolute atomic E-state index is 12.2. The third-order valence-electron chi connectivity index (χ3n) is 4.84. The van der Waals surface area contributed by atoms with Gasteiger partial charge < -0.3 is 19.9 Å². The molecule has 1 saturated heterocycles. The normalized spacial score (nSPS) is 18.9. The number of nitrogens with one attached hydrogen (secondary N) is 3. The summed E-state index contributed by atoms with van der Waals surface area (Å²) >= 11 is 0. The van der Waals surface area contributed by atoms with Crippen molar-refractivity contribution < 1.29 is 9.53 Å². The fourth-order valence-electron chi connectivity index (χ4n) is 3.27. The van der Waals surface area contributed by atoms with Crippen LogP contribution >= 0.6 is 24.8 Å². The summed E-state index contributed by atoms with van der Waals surface area (Å²) in [5.41, 5.74) is 1.49. The highest BCUT2D eigenvalue weighted by atomic mass is 35.5. The number of carbonyl (C=O) groups excluding carboxylic acids is 1. The molecule has 3 N–H and O–H groups in total. The molecule has 1 aliphatic rings. The van der Waals surface area contributed by atoms with Crippen LogP contribution in [0.3, 0.4) is 0 Å². The maximum Gasteiger partial charge on any atom is 0.320 e. The second-order valence-electron chi connectivity index (χ2n) is 8.89. The number of halogens is 2. The van der Waals surface area contributed by atoms with E-state index in [0.717, 1.165) is 43.3 Å². The molecule has 3 heterocycles. The van der Waals surface area contributed by atoms with Gasteiger partial charge in [-0.15, -0.1) is 24.8 Å². The van der Waals surface area contributed by atoms with Crippen molar-refractivity contribution in [2.75, 3.05) is 25.0 Å². The number of hydrogen-bond acceptors (Lipinski definition) is 5.